The molecule has 0 spiro atoms. The Labute approximate surface area is 105 Å². The number of amides is 1. The normalized spacial score (nSPS) is 17.8. The van der Waals surface area contributed by atoms with E-state index in [1.165, 1.54) is 38.8 Å². The van der Waals surface area contributed by atoms with Crippen molar-refractivity contribution in [3.63, 3.8) is 0 Å². The molecule has 1 rings (SSSR count). The fourth-order valence-electron chi connectivity index (χ4n) is 2.26. The van der Waals surface area contributed by atoms with E-state index in [1.54, 1.807) is 0 Å². The van der Waals surface area contributed by atoms with Crippen LogP contribution in [0.15, 0.2) is 0 Å². The van der Waals surface area contributed by atoms with Crippen LogP contribution in [0.2, 0.25) is 0 Å². The summed E-state index contributed by atoms with van der Waals surface area (Å²) in [4.78, 5) is 16.1. The van der Waals surface area contributed by atoms with Crippen molar-refractivity contribution >= 4 is 5.91 Å². The highest BCUT2D eigenvalue weighted by molar-refractivity contribution is 5.76. The molecule has 1 amide bonds. The molecular weight excluding hydrogens is 214 g/mol. The average molecular weight is 241 g/mol. The fraction of sp³-hybridized carbons (Fsp3) is 0.923. The van der Waals surface area contributed by atoms with Crippen LogP contribution in [0, 0.1) is 0 Å². The maximum Gasteiger partial charge on any atom is 0.223 e. The second-order valence-electron chi connectivity index (χ2n) is 4.96. The van der Waals surface area contributed by atoms with Gasteiger partial charge in [0.25, 0.3) is 0 Å². The van der Waals surface area contributed by atoms with E-state index in [-0.39, 0.29) is 5.91 Å². The zero-order chi connectivity index (χ0) is 12.5. The minimum Gasteiger partial charge on any atom is -0.346 e. The summed E-state index contributed by atoms with van der Waals surface area (Å²) in [5.74, 6) is 0.252. The second kappa shape index (κ2) is 8.48. The molecule has 0 saturated carbocycles. The van der Waals surface area contributed by atoms with Gasteiger partial charge in [-0.15, -0.1) is 0 Å². The summed E-state index contributed by atoms with van der Waals surface area (Å²) in [5.41, 5.74) is 5.44. The van der Waals surface area contributed by atoms with Crippen molar-refractivity contribution in [2.45, 2.75) is 38.5 Å². The smallest absolute Gasteiger partial charge is 0.223 e. The summed E-state index contributed by atoms with van der Waals surface area (Å²) in [7, 11) is 1.88. The molecule has 100 valence electrons. The standard InChI is InChI=1S/C13H27N3O/c1-15(9-6-8-14)13(17)7-12-16-10-4-2-3-5-11-16/h2-12,14H2,1H3. The van der Waals surface area contributed by atoms with Gasteiger partial charge in [0.2, 0.25) is 5.91 Å². The first-order valence-electron chi connectivity index (χ1n) is 6.90. The number of nitrogens with zero attached hydrogens (tertiary/aromatic N) is 2. The summed E-state index contributed by atoms with van der Waals surface area (Å²) in [6, 6.07) is 0. The monoisotopic (exact) mass is 241 g/mol. The van der Waals surface area contributed by atoms with Gasteiger partial charge in [0.15, 0.2) is 0 Å². The topological polar surface area (TPSA) is 49.6 Å². The first-order chi connectivity index (χ1) is 8.24. The van der Waals surface area contributed by atoms with E-state index >= 15 is 0 Å². The summed E-state index contributed by atoms with van der Waals surface area (Å²) in [6.45, 7) is 4.70. The van der Waals surface area contributed by atoms with E-state index in [2.05, 4.69) is 4.90 Å². The summed E-state index contributed by atoms with van der Waals surface area (Å²) in [5, 5.41) is 0. The fourth-order valence-corrected chi connectivity index (χ4v) is 2.26. The van der Waals surface area contributed by atoms with Crippen LogP contribution in [0.1, 0.15) is 38.5 Å². The van der Waals surface area contributed by atoms with Crippen molar-refractivity contribution in [1.82, 2.24) is 9.80 Å². The molecule has 0 radical (unpaired) electrons. The molecule has 1 saturated heterocycles. The molecular formula is C13H27N3O. The van der Waals surface area contributed by atoms with Crippen LogP contribution in [0.3, 0.4) is 0 Å². The molecule has 1 heterocycles. The number of nitrogens with two attached hydrogens (primary N) is 1. The Morgan fingerprint density at radius 2 is 1.88 bits per heavy atom. The molecule has 0 bridgehead atoms. The molecule has 4 nitrogen and oxygen atoms in total. The highest BCUT2D eigenvalue weighted by Crippen LogP contribution is 2.10. The van der Waals surface area contributed by atoms with E-state index in [0.29, 0.717) is 13.0 Å². The first kappa shape index (κ1) is 14.5. The predicted molar refractivity (Wildman–Crippen MR) is 70.8 cm³/mol. The van der Waals surface area contributed by atoms with E-state index in [0.717, 1.165) is 19.5 Å². The number of likely N-dealkylation sites (tertiary alicyclic amines) is 1. The third-order valence-electron chi connectivity index (χ3n) is 3.46. The van der Waals surface area contributed by atoms with Crippen molar-refractivity contribution in [3.8, 4) is 0 Å². The Kier molecular flexibility index (Phi) is 7.21. The Hall–Kier alpha value is -0.610. The van der Waals surface area contributed by atoms with Gasteiger partial charge < -0.3 is 15.5 Å². The maximum absolute atomic E-state index is 11.8. The number of hydrogen-bond acceptors (Lipinski definition) is 3. The van der Waals surface area contributed by atoms with Gasteiger partial charge in [-0.1, -0.05) is 12.8 Å². The molecule has 1 aliphatic rings. The van der Waals surface area contributed by atoms with Gasteiger partial charge in [-0.25, -0.2) is 0 Å². The van der Waals surface area contributed by atoms with Crippen LogP contribution in [0.4, 0.5) is 0 Å². The molecule has 0 unspecified atom stereocenters. The van der Waals surface area contributed by atoms with Crippen molar-refractivity contribution in [2.24, 2.45) is 5.73 Å². The van der Waals surface area contributed by atoms with Gasteiger partial charge in [0, 0.05) is 26.6 Å². The third kappa shape index (κ3) is 6.03. The first-order valence-corrected chi connectivity index (χ1v) is 6.90. The number of carbonyl (C=O) groups excluding carboxylic acids is 1. The zero-order valence-corrected chi connectivity index (χ0v) is 11.2. The lowest BCUT2D eigenvalue weighted by Gasteiger charge is -2.22. The molecule has 1 fully saturated rings. The maximum atomic E-state index is 11.8. The zero-order valence-electron chi connectivity index (χ0n) is 11.2. The Bertz CT molecular complexity index is 213. The van der Waals surface area contributed by atoms with Gasteiger partial charge in [0.1, 0.15) is 0 Å². The van der Waals surface area contributed by atoms with Crippen LogP contribution in [0.5, 0.6) is 0 Å². The quantitative estimate of drug-likeness (QED) is 0.756. The van der Waals surface area contributed by atoms with Crippen molar-refractivity contribution in [2.75, 3.05) is 39.8 Å². The molecule has 0 aliphatic carbocycles. The minimum absolute atomic E-state index is 0.252. The lowest BCUT2D eigenvalue weighted by molar-refractivity contribution is -0.130. The van der Waals surface area contributed by atoms with E-state index in [9.17, 15) is 4.79 Å². The third-order valence-corrected chi connectivity index (χ3v) is 3.46. The molecule has 4 heteroatoms. The summed E-state index contributed by atoms with van der Waals surface area (Å²) >= 11 is 0. The lowest BCUT2D eigenvalue weighted by atomic mass is 10.2. The van der Waals surface area contributed by atoms with Crippen LogP contribution in [0.25, 0.3) is 0 Å². The Balaban J connectivity index is 2.17. The van der Waals surface area contributed by atoms with Crippen LogP contribution >= 0.6 is 0 Å². The Morgan fingerprint density at radius 3 is 2.47 bits per heavy atom. The van der Waals surface area contributed by atoms with Crippen LogP contribution in [-0.4, -0.2) is 55.5 Å². The van der Waals surface area contributed by atoms with E-state index in [1.807, 2.05) is 11.9 Å². The second-order valence-corrected chi connectivity index (χ2v) is 4.96. The number of carbonyl (C=O) groups is 1. The number of rotatable bonds is 6. The average Bonchev–Trinajstić information content (AvgIpc) is 2.61. The van der Waals surface area contributed by atoms with Gasteiger partial charge in [-0.05, 0) is 38.9 Å². The molecule has 0 atom stereocenters. The molecule has 17 heavy (non-hydrogen) atoms. The summed E-state index contributed by atoms with van der Waals surface area (Å²) in [6.07, 6.45) is 6.82. The molecule has 2 N–H and O–H groups in total. The van der Waals surface area contributed by atoms with E-state index < -0.39 is 0 Å². The lowest BCUT2D eigenvalue weighted by Crippen LogP contribution is -2.33. The predicted octanol–water partition coefficient (Wildman–Crippen LogP) is 1.06. The molecule has 0 aromatic carbocycles. The van der Waals surface area contributed by atoms with Gasteiger partial charge in [0.05, 0.1) is 0 Å². The van der Waals surface area contributed by atoms with Gasteiger partial charge >= 0.3 is 0 Å². The van der Waals surface area contributed by atoms with Crippen LogP contribution < -0.4 is 5.73 Å². The summed E-state index contributed by atoms with van der Waals surface area (Å²) < 4.78 is 0. The number of hydrogen-bond donors (Lipinski definition) is 1. The van der Waals surface area contributed by atoms with Crippen LogP contribution in [-0.2, 0) is 4.79 Å². The highest BCUT2D eigenvalue weighted by Gasteiger charge is 2.12. The van der Waals surface area contributed by atoms with Gasteiger partial charge in [-0.2, -0.15) is 0 Å². The molecule has 0 aromatic heterocycles. The SMILES string of the molecule is CN(CCCN)C(=O)CCN1CCCCCC1. The van der Waals surface area contributed by atoms with E-state index in [4.69, 9.17) is 5.73 Å². The Morgan fingerprint density at radius 1 is 1.24 bits per heavy atom. The van der Waals surface area contributed by atoms with Gasteiger partial charge in [-0.3, -0.25) is 4.79 Å². The minimum atomic E-state index is 0.252. The van der Waals surface area contributed by atoms with Crippen molar-refractivity contribution in [3.05, 3.63) is 0 Å². The largest absolute Gasteiger partial charge is 0.346 e. The molecule has 0 aromatic rings. The van der Waals surface area contributed by atoms with Crippen molar-refractivity contribution in [1.29, 1.82) is 0 Å². The van der Waals surface area contributed by atoms with Crippen molar-refractivity contribution < 1.29 is 4.79 Å². The highest BCUT2D eigenvalue weighted by atomic mass is 16.2. The molecule has 1 aliphatic heterocycles.